The van der Waals surface area contributed by atoms with Crippen LogP contribution in [0.3, 0.4) is 0 Å². The maximum Gasteiger partial charge on any atom is 0.254 e. The van der Waals surface area contributed by atoms with Crippen LogP contribution in [-0.4, -0.2) is 50.3 Å². The third-order valence-corrected chi connectivity index (χ3v) is 4.03. The summed E-state index contributed by atoms with van der Waals surface area (Å²) in [5.41, 5.74) is 0.713. The largest absolute Gasteiger partial charge is 0.380 e. The first kappa shape index (κ1) is 16.6. The van der Waals surface area contributed by atoms with E-state index in [0.717, 1.165) is 3.79 Å². The lowest BCUT2D eigenvalue weighted by Gasteiger charge is -2.22. The highest BCUT2D eigenvalue weighted by Gasteiger charge is 2.16. The minimum atomic E-state index is 0.0290. The van der Waals surface area contributed by atoms with Crippen LogP contribution in [0.1, 0.15) is 24.2 Å². The summed E-state index contributed by atoms with van der Waals surface area (Å²) in [5, 5.41) is 1.86. The number of halogens is 1. The van der Waals surface area contributed by atoms with E-state index in [1.54, 1.807) is 4.90 Å². The molecule has 1 amide bonds. The SMILES string of the molecule is CCOCCN(CCOCC)C(=O)c1csc(Br)c1. The smallest absolute Gasteiger partial charge is 0.254 e. The third kappa shape index (κ3) is 6.03. The predicted octanol–water partition coefficient (Wildman–Crippen LogP) is 3.03. The van der Waals surface area contributed by atoms with E-state index in [2.05, 4.69) is 15.9 Å². The Labute approximate surface area is 126 Å². The molecule has 0 bridgehead atoms. The monoisotopic (exact) mass is 349 g/mol. The third-order valence-electron chi connectivity index (χ3n) is 2.52. The standard InChI is InChI=1S/C13H20BrNO3S/c1-3-17-7-5-15(6-8-18-4-2)13(16)11-9-12(14)19-10-11/h9-10H,3-8H2,1-2H3. The summed E-state index contributed by atoms with van der Waals surface area (Å²) in [6.07, 6.45) is 0. The minimum Gasteiger partial charge on any atom is -0.380 e. The number of ether oxygens (including phenoxy) is 2. The zero-order valence-electron chi connectivity index (χ0n) is 11.4. The molecular weight excluding hydrogens is 330 g/mol. The fraction of sp³-hybridized carbons (Fsp3) is 0.615. The van der Waals surface area contributed by atoms with Gasteiger partial charge in [-0.05, 0) is 35.8 Å². The molecule has 0 saturated carbocycles. The van der Waals surface area contributed by atoms with Crippen molar-refractivity contribution in [3.8, 4) is 0 Å². The molecule has 0 saturated heterocycles. The summed E-state index contributed by atoms with van der Waals surface area (Å²) in [6.45, 7) is 7.51. The Morgan fingerprint density at radius 2 is 1.84 bits per heavy atom. The molecule has 1 aromatic rings. The van der Waals surface area contributed by atoms with E-state index in [0.29, 0.717) is 45.1 Å². The van der Waals surface area contributed by atoms with Gasteiger partial charge in [0.2, 0.25) is 0 Å². The summed E-state index contributed by atoms with van der Waals surface area (Å²) in [4.78, 5) is 14.1. The van der Waals surface area contributed by atoms with Gasteiger partial charge in [0, 0.05) is 31.7 Å². The number of amides is 1. The molecule has 1 heterocycles. The second-order valence-electron chi connectivity index (χ2n) is 3.83. The lowest BCUT2D eigenvalue weighted by atomic mass is 10.3. The van der Waals surface area contributed by atoms with E-state index in [4.69, 9.17) is 9.47 Å². The minimum absolute atomic E-state index is 0.0290. The molecule has 0 spiro atoms. The van der Waals surface area contributed by atoms with Gasteiger partial charge in [0.15, 0.2) is 0 Å². The van der Waals surface area contributed by atoms with E-state index in [1.165, 1.54) is 11.3 Å². The van der Waals surface area contributed by atoms with Crippen molar-refractivity contribution in [3.63, 3.8) is 0 Å². The average molecular weight is 350 g/mol. The van der Waals surface area contributed by atoms with Crippen molar-refractivity contribution in [1.82, 2.24) is 4.90 Å². The maximum absolute atomic E-state index is 12.3. The molecule has 6 heteroatoms. The lowest BCUT2D eigenvalue weighted by Crippen LogP contribution is -2.36. The van der Waals surface area contributed by atoms with Gasteiger partial charge in [-0.2, -0.15) is 0 Å². The Morgan fingerprint density at radius 1 is 1.26 bits per heavy atom. The van der Waals surface area contributed by atoms with Crippen molar-refractivity contribution in [1.29, 1.82) is 0 Å². The number of hydrogen-bond acceptors (Lipinski definition) is 4. The van der Waals surface area contributed by atoms with Crippen molar-refractivity contribution < 1.29 is 14.3 Å². The van der Waals surface area contributed by atoms with Crippen LogP contribution in [0.4, 0.5) is 0 Å². The number of rotatable bonds is 9. The predicted molar refractivity (Wildman–Crippen MR) is 80.9 cm³/mol. The average Bonchev–Trinajstić information content (AvgIpc) is 2.83. The molecule has 4 nitrogen and oxygen atoms in total. The first-order valence-corrected chi connectivity index (χ1v) is 8.05. The Kier molecular flexibility index (Phi) is 8.29. The van der Waals surface area contributed by atoms with Gasteiger partial charge in [0.1, 0.15) is 0 Å². The van der Waals surface area contributed by atoms with Gasteiger partial charge in [-0.15, -0.1) is 11.3 Å². The Balaban J connectivity index is 2.57. The number of carbonyl (C=O) groups excluding carboxylic acids is 1. The highest BCUT2D eigenvalue weighted by molar-refractivity contribution is 9.11. The Morgan fingerprint density at radius 3 is 2.26 bits per heavy atom. The van der Waals surface area contributed by atoms with Gasteiger partial charge in [0.25, 0.3) is 5.91 Å². The quantitative estimate of drug-likeness (QED) is 0.643. The van der Waals surface area contributed by atoms with Crippen LogP contribution in [0.15, 0.2) is 15.2 Å². The normalized spacial score (nSPS) is 10.7. The Hall–Kier alpha value is -0.430. The summed E-state index contributed by atoms with van der Waals surface area (Å²) in [7, 11) is 0. The van der Waals surface area contributed by atoms with E-state index in [9.17, 15) is 4.79 Å². The molecule has 0 unspecified atom stereocenters. The zero-order valence-corrected chi connectivity index (χ0v) is 13.8. The van der Waals surface area contributed by atoms with Crippen molar-refractivity contribution in [2.45, 2.75) is 13.8 Å². The van der Waals surface area contributed by atoms with Crippen LogP contribution >= 0.6 is 27.3 Å². The van der Waals surface area contributed by atoms with E-state index in [1.807, 2.05) is 25.3 Å². The Bertz CT molecular complexity index is 374. The van der Waals surface area contributed by atoms with E-state index >= 15 is 0 Å². The van der Waals surface area contributed by atoms with Gasteiger partial charge in [0.05, 0.1) is 22.6 Å². The molecule has 0 aliphatic rings. The van der Waals surface area contributed by atoms with Crippen molar-refractivity contribution in [3.05, 3.63) is 20.8 Å². The number of nitrogens with zero attached hydrogens (tertiary/aromatic N) is 1. The molecule has 1 rings (SSSR count). The van der Waals surface area contributed by atoms with Gasteiger partial charge in [-0.3, -0.25) is 4.79 Å². The fourth-order valence-electron chi connectivity index (χ4n) is 1.56. The number of carbonyl (C=O) groups is 1. The number of hydrogen-bond donors (Lipinski definition) is 0. The molecule has 0 N–H and O–H groups in total. The molecule has 108 valence electrons. The lowest BCUT2D eigenvalue weighted by molar-refractivity contribution is 0.0550. The van der Waals surface area contributed by atoms with Crippen LogP contribution in [0, 0.1) is 0 Å². The molecular formula is C13H20BrNO3S. The van der Waals surface area contributed by atoms with Crippen LogP contribution in [-0.2, 0) is 9.47 Å². The summed E-state index contributed by atoms with van der Waals surface area (Å²) >= 11 is 4.89. The van der Waals surface area contributed by atoms with Crippen LogP contribution in [0.5, 0.6) is 0 Å². The second-order valence-corrected chi connectivity index (χ2v) is 6.12. The maximum atomic E-state index is 12.3. The topological polar surface area (TPSA) is 38.8 Å². The first-order valence-electron chi connectivity index (χ1n) is 6.37. The van der Waals surface area contributed by atoms with Crippen LogP contribution < -0.4 is 0 Å². The molecule has 0 aromatic carbocycles. The molecule has 0 aliphatic heterocycles. The second kappa shape index (κ2) is 9.47. The van der Waals surface area contributed by atoms with E-state index in [-0.39, 0.29) is 5.91 Å². The first-order chi connectivity index (χ1) is 9.19. The molecule has 0 fully saturated rings. The van der Waals surface area contributed by atoms with Crippen molar-refractivity contribution >= 4 is 33.2 Å². The highest BCUT2D eigenvalue weighted by atomic mass is 79.9. The summed E-state index contributed by atoms with van der Waals surface area (Å²) in [5.74, 6) is 0.0290. The number of thiophene rings is 1. The van der Waals surface area contributed by atoms with Gasteiger partial charge in [-0.1, -0.05) is 0 Å². The van der Waals surface area contributed by atoms with Gasteiger partial charge in [-0.25, -0.2) is 0 Å². The van der Waals surface area contributed by atoms with Crippen molar-refractivity contribution in [2.75, 3.05) is 39.5 Å². The molecule has 19 heavy (non-hydrogen) atoms. The van der Waals surface area contributed by atoms with Gasteiger partial charge >= 0.3 is 0 Å². The van der Waals surface area contributed by atoms with Crippen molar-refractivity contribution in [2.24, 2.45) is 0 Å². The molecule has 0 atom stereocenters. The van der Waals surface area contributed by atoms with Crippen LogP contribution in [0.2, 0.25) is 0 Å². The summed E-state index contributed by atoms with van der Waals surface area (Å²) < 4.78 is 11.6. The fourth-order valence-corrected chi connectivity index (χ4v) is 2.69. The van der Waals surface area contributed by atoms with Gasteiger partial charge < -0.3 is 14.4 Å². The summed E-state index contributed by atoms with van der Waals surface area (Å²) in [6, 6.07) is 1.85. The molecule has 0 radical (unpaired) electrons. The van der Waals surface area contributed by atoms with E-state index < -0.39 is 0 Å². The molecule has 0 aliphatic carbocycles. The zero-order chi connectivity index (χ0) is 14.1. The molecule has 1 aromatic heterocycles. The van der Waals surface area contributed by atoms with Crippen LogP contribution in [0.25, 0.3) is 0 Å². The highest BCUT2D eigenvalue weighted by Crippen LogP contribution is 2.21.